The number of rotatable bonds is 7. The Morgan fingerprint density at radius 2 is 2.07 bits per heavy atom. The van der Waals surface area contributed by atoms with Crippen LogP contribution in [-0.4, -0.2) is 54.6 Å². The molecule has 0 radical (unpaired) electrons. The first-order valence-electron chi connectivity index (χ1n) is 9.61. The molecule has 0 atom stereocenters. The Balaban J connectivity index is 0.00000280. The number of hydrazone groups is 1. The van der Waals surface area contributed by atoms with E-state index in [1.54, 1.807) is 6.21 Å². The van der Waals surface area contributed by atoms with Gasteiger partial charge in [-0.3, -0.25) is 4.79 Å². The number of carbonyl (C=O) groups excluding carboxylic acids is 1. The minimum absolute atomic E-state index is 0. The molecule has 2 aliphatic heterocycles. The largest absolute Gasteiger partial charge is 0.466 e. The quantitative estimate of drug-likeness (QED) is 0.324. The number of nitrogens with two attached hydrogens (primary N) is 1. The zero-order valence-corrected chi connectivity index (χ0v) is 17.1. The van der Waals surface area contributed by atoms with E-state index in [0.29, 0.717) is 13.0 Å². The molecular formula is C20H29ClN4O3. The normalized spacial score (nSPS) is 18.5. The number of carbonyl (C=O) groups is 1. The number of oxime groups is 1. The molecule has 3 rings (SSSR count). The SMILES string of the molecule is CCOC(=O)CCCN1CCC2(CC1)CC(c1ccc(C=NN)cc1)=NO2.Cl. The zero-order chi connectivity index (χ0) is 19.1. The predicted octanol–water partition coefficient (Wildman–Crippen LogP) is 2.70. The molecule has 1 fully saturated rings. The van der Waals surface area contributed by atoms with Crippen LogP contribution in [-0.2, 0) is 14.4 Å². The third-order valence-electron chi connectivity index (χ3n) is 5.23. The van der Waals surface area contributed by atoms with E-state index in [1.807, 2.05) is 31.2 Å². The van der Waals surface area contributed by atoms with Crippen molar-refractivity contribution in [2.75, 3.05) is 26.2 Å². The number of piperidine rings is 1. The lowest BCUT2D eigenvalue weighted by Gasteiger charge is -2.37. The molecule has 7 nitrogen and oxygen atoms in total. The van der Waals surface area contributed by atoms with E-state index >= 15 is 0 Å². The van der Waals surface area contributed by atoms with Crippen molar-refractivity contribution in [1.82, 2.24) is 4.90 Å². The van der Waals surface area contributed by atoms with Gasteiger partial charge in [0.2, 0.25) is 0 Å². The number of ether oxygens (including phenoxy) is 1. The van der Waals surface area contributed by atoms with E-state index in [0.717, 1.165) is 62.2 Å². The molecule has 28 heavy (non-hydrogen) atoms. The maximum atomic E-state index is 11.4. The van der Waals surface area contributed by atoms with Crippen LogP contribution in [0.2, 0.25) is 0 Å². The average Bonchev–Trinajstić information content (AvgIpc) is 3.08. The topological polar surface area (TPSA) is 89.5 Å². The van der Waals surface area contributed by atoms with Crippen LogP contribution < -0.4 is 5.84 Å². The maximum absolute atomic E-state index is 11.4. The summed E-state index contributed by atoms with van der Waals surface area (Å²) in [6.07, 6.45) is 5.70. The Kier molecular flexibility index (Phi) is 8.26. The lowest BCUT2D eigenvalue weighted by atomic mass is 9.85. The molecule has 2 heterocycles. The van der Waals surface area contributed by atoms with Crippen LogP contribution >= 0.6 is 12.4 Å². The summed E-state index contributed by atoms with van der Waals surface area (Å²) in [4.78, 5) is 19.7. The maximum Gasteiger partial charge on any atom is 0.305 e. The monoisotopic (exact) mass is 408 g/mol. The highest BCUT2D eigenvalue weighted by Crippen LogP contribution is 2.36. The van der Waals surface area contributed by atoms with Gasteiger partial charge in [-0.1, -0.05) is 29.4 Å². The molecule has 1 aromatic carbocycles. The van der Waals surface area contributed by atoms with Gasteiger partial charge in [-0.25, -0.2) is 0 Å². The third-order valence-corrected chi connectivity index (χ3v) is 5.23. The fourth-order valence-electron chi connectivity index (χ4n) is 3.66. The fourth-order valence-corrected chi connectivity index (χ4v) is 3.66. The van der Waals surface area contributed by atoms with Gasteiger partial charge in [0.05, 0.1) is 18.5 Å². The summed E-state index contributed by atoms with van der Waals surface area (Å²) >= 11 is 0. The highest BCUT2D eigenvalue weighted by Gasteiger charge is 2.42. The Bertz CT molecular complexity index is 698. The minimum Gasteiger partial charge on any atom is -0.466 e. The van der Waals surface area contributed by atoms with Gasteiger partial charge >= 0.3 is 5.97 Å². The highest BCUT2D eigenvalue weighted by molar-refractivity contribution is 6.02. The van der Waals surface area contributed by atoms with Crippen LogP contribution in [0.15, 0.2) is 34.5 Å². The predicted molar refractivity (Wildman–Crippen MR) is 112 cm³/mol. The standard InChI is InChI=1S/C20H28N4O3.ClH/c1-2-26-19(25)4-3-11-24-12-9-20(10-13-24)14-18(23-27-20)17-7-5-16(6-8-17)15-22-21;/h5-8,15H,2-4,9-14,21H2,1H3;1H. The van der Waals surface area contributed by atoms with Crippen molar-refractivity contribution in [3.63, 3.8) is 0 Å². The van der Waals surface area contributed by atoms with Crippen molar-refractivity contribution >= 4 is 30.3 Å². The van der Waals surface area contributed by atoms with Gasteiger partial charge in [-0.15, -0.1) is 12.4 Å². The van der Waals surface area contributed by atoms with Crippen LogP contribution in [0.4, 0.5) is 0 Å². The van der Waals surface area contributed by atoms with Gasteiger partial charge in [0.25, 0.3) is 0 Å². The smallest absolute Gasteiger partial charge is 0.305 e. The third kappa shape index (κ3) is 5.69. The van der Waals surface area contributed by atoms with Gasteiger partial charge in [0.1, 0.15) is 5.60 Å². The van der Waals surface area contributed by atoms with Crippen molar-refractivity contribution in [1.29, 1.82) is 0 Å². The molecule has 1 spiro atoms. The lowest BCUT2D eigenvalue weighted by Crippen LogP contribution is -2.44. The molecule has 0 saturated carbocycles. The minimum atomic E-state index is -0.176. The second-order valence-corrected chi connectivity index (χ2v) is 7.14. The number of hydrogen-bond donors (Lipinski definition) is 1. The number of esters is 1. The first-order chi connectivity index (χ1) is 13.1. The van der Waals surface area contributed by atoms with Crippen molar-refractivity contribution < 1.29 is 14.4 Å². The van der Waals surface area contributed by atoms with Gasteiger partial charge in [0.15, 0.2) is 0 Å². The summed E-state index contributed by atoms with van der Waals surface area (Å²) < 4.78 is 4.98. The van der Waals surface area contributed by atoms with E-state index in [1.165, 1.54) is 0 Å². The molecule has 8 heteroatoms. The fraction of sp³-hybridized carbons (Fsp3) is 0.550. The molecule has 0 aliphatic carbocycles. The lowest BCUT2D eigenvalue weighted by molar-refractivity contribution is -0.143. The Morgan fingerprint density at radius 1 is 1.36 bits per heavy atom. The molecule has 1 saturated heterocycles. The summed E-state index contributed by atoms with van der Waals surface area (Å²) in [6, 6.07) is 8.02. The van der Waals surface area contributed by atoms with Gasteiger partial charge < -0.3 is 20.3 Å². The summed E-state index contributed by atoms with van der Waals surface area (Å²) in [6.45, 7) is 5.15. The molecule has 154 valence electrons. The van der Waals surface area contributed by atoms with Crippen molar-refractivity contribution in [2.45, 2.75) is 44.6 Å². The van der Waals surface area contributed by atoms with Gasteiger partial charge in [-0.05, 0) is 31.0 Å². The number of likely N-dealkylation sites (tertiary alicyclic amines) is 1. The van der Waals surface area contributed by atoms with E-state index < -0.39 is 0 Å². The second-order valence-electron chi connectivity index (χ2n) is 7.14. The molecule has 0 bridgehead atoms. The molecule has 2 aliphatic rings. The van der Waals surface area contributed by atoms with Crippen LogP contribution in [0.1, 0.15) is 50.2 Å². The average molecular weight is 409 g/mol. The van der Waals surface area contributed by atoms with Crippen LogP contribution in [0.25, 0.3) is 0 Å². The summed E-state index contributed by atoms with van der Waals surface area (Å²) in [5, 5.41) is 7.91. The Labute approximate surface area is 172 Å². The Hall–Kier alpha value is -2.12. The highest BCUT2D eigenvalue weighted by atomic mass is 35.5. The van der Waals surface area contributed by atoms with E-state index in [2.05, 4.69) is 15.2 Å². The summed E-state index contributed by atoms with van der Waals surface area (Å²) in [7, 11) is 0. The number of benzene rings is 1. The molecule has 2 N–H and O–H groups in total. The molecule has 1 aromatic rings. The first-order valence-corrected chi connectivity index (χ1v) is 9.61. The Morgan fingerprint density at radius 3 is 2.71 bits per heavy atom. The number of nitrogens with zero attached hydrogens (tertiary/aromatic N) is 3. The number of halogens is 1. The van der Waals surface area contributed by atoms with Crippen LogP contribution in [0, 0.1) is 0 Å². The molecule has 0 amide bonds. The van der Waals surface area contributed by atoms with Crippen molar-refractivity contribution in [2.24, 2.45) is 16.1 Å². The summed E-state index contributed by atoms with van der Waals surface area (Å²) in [5.41, 5.74) is 2.87. The molecular weight excluding hydrogens is 380 g/mol. The van der Waals surface area contributed by atoms with E-state index in [-0.39, 0.29) is 24.0 Å². The van der Waals surface area contributed by atoms with E-state index in [9.17, 15) is 4.79 Å². The van der Waals surface area contributed by atoms with Crippen LogP contribution in [0.5, 0.6) is 0 Å². The van der Waals surface area contributed by atoms with E-state index in [4.69, 9.17) is 15.4 Å². The summed E-state index contributed by atoms with van der Waals surface area (Å²) in [5.74, 6) is 5.08. The van der Waals surface area contributed by atoms with Gasteiger partial charge in [-0.2, -0.15) is 5.10 Å². The number of hydrogen-bond acceptors (Lipinski definition) is 7. The second kappa shape index (κ2) is 10.4. The zero-order valence-electron chi connectivity index (χ0n) is 16.3. The van der Waals surface area contributed by atoms with Crippen molar-refractivity contribution in [3.8, 4) is 0 Å². The first kappa shape index (κ1) is 22.2. The molecule has 0 aromatic heterocycles. The molecule has 0 unspecified atom stereocenters. The van der Waals surface area contributed by atoms with Crippen LogP contribution in [0.3, 0.4) is 0 Å². The van der Waals surface area contributed by atoms with Gasteiger partial charge in [0, 0.05) is 38.8 Å². The van der Waals surface area contributed by atoms with Crippen molar-refractivity contribution in [3.05, 3.63) is 35.4 Å².